The molecule has 0 radical (unpaired) electrons. The standard InChI is InChI=1S/C21H23FN4O4/c1-11-10-30-20-17(25-8-4-6-12-5-2-3-7-24-12)15(22)16(23)14-18(20)26(11)9-13(19(14)27)21(28)29/h2-3,5,7,9,11,14,16,25H,4,6,8,10,23H2,1H3,(H,28,29)/t11-,14?,16?/m0/s1. The Morgan fingerprint density at radius 1 is 1.47 bits per heavy atom. The molecule has 0 aromatic carbocycles. The molecular formula is C21H23FN4O4. The molecule has 4 rings (SSSR count). The van der Waals surface area contributed by atoms with Crippen LogP contribution in [0.4, 0.5) is 4.39 Å². The number of carboxylic acid groups (broad SMARTS) is 1. The van der Waals surface area contributed by atoms with Gasteiger partial charge in [0.25, 0.3) is 0 Å². The number of hydrogen-bond donors (Lipinski definition) is 3. The lowest BCUT2D eigenvalue weighted by atomic mass is 9.79. The number of Topliss-reactive ketones (excluding diaryl/α,β-unsaturated/α-hetero) is 1. The normalized spacial score (nSPS) is 25.6. The van der Waals surface area contributed by atoms with Gasteiger partial charge in [-0.2, -0.15) is 0 Å². The Hall–Kier alpha value is -3.20. The van der Waals surface area contributed by atoms with E-state index in [2.05, 4.69) is 10.3 Å². The molecule has 158 valence electrons. The molecular weight excluding hydrogens is 391 g/mol. The molecule has 9 heteroatoms. The molecule has 2 aliphatic heterocycles. The van der Waals surface area contributed by atoms with E-state index in [0.717, 1.165) is 12.1 Å². The fourth-order valence-electron chi connectivity index (χ4n) is 4.01. The maximum atomic E-state index is 15.2. The van der Waals surface area contributed by atoms with Crippen molar-refractivity contribution < 1.29 is 23.8 Å². The lowest BCUT2D eigenvalue weighted by Crippen LogP contribution is -2.54. The molecule has 1 aromatic heterocycles. The molecule has 1 aliphatic carbocycles. The van der Waals surface area contributed by atoms with Crippen molar-refractivity contribution in [2.75, 3.05) is 13.2 Å². The predicted octanol–water partition coefficient (Wildman–Crippen LogP) is 1.23. The Kier molecular flexibility index (Phi) is 5.29. The number of carboxylic acids is 1. The molecule has 2 unspecified atom stereocenters. The Balaban J connectivity index is 1.60. The zero-order valence-corrected chi connectivity index (χ0v) is 16.5. The summed E-state index contributed by atoms with van der Waals surface area (Å²) in [6.07, 6.45) is 4.45. The monoisotopic (exact) mass is 414 g/mol. The molecule has 0 saturated heterocycles. The highest BCUT2D eigenvalue weighted by atomic mass is 19.1. The first-order chi connectivity index (χ1) is 14.4. The molecule has 4 N–H and O–H groups in total. The molecule has 8 nitrogen and oxygen atoms in total. The third-order valence-electron chi connectivity index (χ3n) is 5.55. The molecule has 3 aliphatic rings. The number of aryl methyl sites for hydroxylation is 1. The summed E-state index contributed by atoms with van der Waals surface area (Å²) < 4.78 is 21.0. The van der Waals surface area contributed by atoms with E-state index in [4.69, 9.17) is 10.5 Å². The highest BCUT2D eigenvalue weighted by Gasteiger charge is 2.50. The summed E-state index contributed by atoms with van der Waals surface area (Å²) in [5.74, 6) is -3.66. The second kappa shape index (κ2) is 7.91. The topological polar surface area (TPSA) is 118 Å². The number of ether oxygens (including phenoxy) is 1. The summed E-state index contributed by atoms with van der Waals surface area (Å²) >= 11 is 0. The summed E-state index contributed by atoms with van der Waals surface area (Å²) in [7, 11) is 0. The Labute approximate surface area is 172 Å². The van der Waals surface area contributed by atoms with E-state index in [1.165, 1.54) is 6.20 Å². The van der Waals surface area contributed by atoms with Crippen LogP contribution >= 0.6 is 0 Å². The number of carbonyl (C=O) groups is 2. The lowest BCUT2D eigenvalue weighted by Gasteiger charge is -2.45. The van der Waals surface area contributed by atoms with Crippen LogP contribution in [0.25, 0.3) is 0 Å². The van der Waals surface area contributed by atoms with Crippen LogP contribution in [0.3, 0.4) is 0 Å². The van der Waals surface area contributed by atoms with Gasteiger partial charge in [-0.05, 0) is 31.9 Å². The first kappa shape index (κ1) is 20.1. The van der Waals surface area contributed by atoms with E-state index < -0.39 is 35.1 Å². The largest absolute Gasteiger partial charge is 0.487 e. The van der Waals surface area contributed by atoms with Crippen molar-refractivity contribution in [3.05, 3.63) is 64.8 Å². The highest BCUT2D eigenvalue weighted by molar-refractivity contribution is 6.19. The van der Waals surface area contributed by atoms with Crippen LogP contribution < -0.4 is 11.1 Å². The number of nitrogens with one attached hydrogen (secondary N) is 1. The van der Waals surface area contributed by atoms with Crippen molar-refractivity contribution in [1.29, 1.82) is 0 Å². The van der Waals surface area contributed by atoms with Gasteiger partial charge in [-0.3, -0.25) is 9.78 Å². The zero-order valence-electron chi connectivity index (χ0n) is 16.5. The summed E-state index contributed by atoms with van der Waals surface area (Å²) in [5.41, 5.74) is 7.17. The fourth-order valence-corrected chi connectivity index (χ4v) is 4.01. The number of carbonyl (C=O) groups excluding carboxylic acids is 1. The molecule has 3 heterocycles. The Morgan fingerprint density at radius 3 is 2.97 bits per heavy atom. The van der Waals surface area contributed by atoms with Crippen molar-refractivity contribution >= 4 is 11.8 Å². The maximum Gasteiger partial charge on any atom is 0.340 e. The average Bonchev–Trinajstić information content (AvgIpc) is 2.73. The zero-order chi connectivity index (χ0) is 21.4. The second-order valence-corrected chi connectivity index (χ2v) is 7.57. The van der Waals surface area contributed by atoms with E-state index in [1.807, 2.05) is 25.1 Å². The van der Waals surface area contributed by atoms with E-state index in [0.29, 0.717) is 18.7 Å². The van der Waals surface area contributed by atoms with Crippen LogP contribution in [0.2, 0.25) is 0 Å². The van der Waals surface area contributed by atoms with Gasteiger partial charge in [-0.25, -0.2) is 9.18 Å². The maximum absolute atomic E-state index is 15.2. The van der Waals surface area contributed by atoms with Crippen LogP contribution in [0.5, 0.6) is 0 Å². The Bertz CT molecular complexity index is 972. The van der Waals surface area contributed by atoms with Crippen LogP contribution in [0.1, 0.15) is 19.0 Å². The number of hydrogen-bond acceptors (Lipinski definition) is 7. The van der Waals surface area contributed by atoms with Gasteiger partial charge in [-0.15, -0.1) is 0 Å². The average molecular weight is 414 g/mol. The van der Waals surface area contributed by atoms with Gasteiger partial charge >= 0.3 is 5.97 Å². The summed E-state index contributed by atoms with van der Waals surface area (Å²) in [4.78, 5) is 30.2. The van der Waals surface area contributed by atoms with Crippen LogP contribution in [0.15, 0.2) is 59.1 Å². The van der Waals surface area contributed by atoms with Gasteiger partial charge in [0, 0.05) is 24.6 Å². The van der Waals surface area contributed by atoms with Crippen LogP contribution in [-0.2, 0) is 20.7 Å². The minimum atomic E-state index is -1.35. The van der Waals surface area contributed by atoms with E-state index in [-0.39, 0.29) is 24.1 Å². The molecule has 0 bridgehead atoms. The summed E-state index contributed by atoms with van der Waals surface area (Å²) in [5, 5.41) is 12.5. The molecule has 0 spiro atoms. The van der Waals surface area contributed by atoms with Gasteiger partial charge in [0.1, 0.15) is 23.7 Å². The number of pyridine rings is 1. The highest BCUT2D eigenvalue weighted by Crippen LogP contribution is 2.43. The first-order valence-electron chi connectivity index (χ1n) is 9.84. The molecule has 30 heavy (non-hydrogen) atoms. The summed E-state index contributed by atoms with van der Waals surface area (Å²) in [6.45, 7) is 2.52. The number of nitrogens with two attached hydrogens (primary N) is 1. The lowest BCUT2D eigenvalue weighted by molar-refractivity contribution is -0.136. The first-order valence-corrected chi connectivity index (χ1v) is 9.84. The van der Waals surface area contributed by atoms with Crippen molar-refractivity contribution in [2.45, 2.75) is 31.8 Å². The van der Waals surface area contributed by atoms with Crippen LogP contribution in [0, 0.1) is 5.92 Å². The van der Waals surface area contributed by atoms with Gasteiger partial charge in [0.2, 0.25) is 0 Å². The minimum Gasteiger partial charge on any atom is -0.487 e. The van der Waals surface area contributed by atoms with Crippen molar-refractivity contribution in [2.24, 2.45) is 11.7 Å². The van der Waals surface area contributed by atoms with E-state index in [9.17, 15) is 14.7 Å². The van der Waals surface area contributed by atoms with Crippen molar-refractivity contribution in [1.82, 2.24) is 15.2 Å². The number of nitrogens with zero attached hydrogens (tertiary/aromatic N) is 2. The van der Waals surface area contributed by atoms with Gasteiger partial charge < -0.3 is 25.8 Å². The van der Waals surface area contributed by atoms with E-state index >= 15 is 4.39 Å². The van der Waals surface area contributed by atoms with Crippen LogP contribution in [-0.4, -0.2) is 52.0 Å². The van der Waals surface area contributed by atoms with Gasteiger partial charge in [0.15, 0.2) is 11.5 Å². The fraction of sp³-hybridized carbons (Fsp3) is 0.381. The smallest absolute Gasteiger partial charge is 0.340 e. The minimum absolute atomic E-state index is 0.131. The number of aromatic nitrogens is 1. The number of ketones is 1. The Morgan fingerprint density at radius 2 is 2.27 bits per heavy atom. The SMILES string of the molecule is C[C@H]1COC2=C3C(C(=O)C(C(=O)O)=CN31)C(N)C(F)=C2NCCCc1ccccn1. The quantitative estimate of drug-likeness (QED) is 0.470. The number of rotatable bonds is 6. The van der Waals surface area contributed by atoms with Gasteiger partial charge in [-0.1, -0.05) is 6.07 Å². The van der Waals surface area contributed by atoms with Gasteiger partial charge in [0.05, 0.1) is 23.7 Å². The molecule has 0 saturated carbocycles. The molecule has 0 amide bonds. The van der Waals surface area contributed by atoms with Crippen molar-refractivity contribution in [3.8, 4) is 0 Å². The third kappa shape index (κ3) is 3.35. The van der Waals surface area contributed by atoms with E-state index in [1.54, 1.807) is 11.1 Å². The van der Waals surface area contributed by atoms with Crippen molar-refractivity contribution in [3.63, 3.8) is 0 Å². The summed E-state index contributed by atoms with van der Waals surface area (Å²) in [6, 6.07) is 4.18. The number of aliphatic carboxylic acids is 1. The second-order valence-electron chi connectivity index (χ2n) is 7.57. The predicted molar refractivity (Wildman–Crippen MR) is 105 cm³/mol. The molecule has 1 aromatic rings. The molecule has 3 atom stereocenters. The number of halogens is 1. The third-order valence-corrected chi connectivity index (χ3v) is 5.55. The molecule has 0 fully saturated rings.